The van der Waals surface area contributed by atoms with Crippen LogP contribution in [0.1, 0.15) is 25.0 Å². The lowest BCUT2D eigenvalue weighted by Gasteiger charge is -2.25. The molecule has 0 heterocycles. The van der Waals surface area contributed by atoms with E-state index in [-0.39, 0.29) is 17.5 Å². The summed E-state index contributed by atoms with van der Waals surface area (Å²) in [7, 11) is -0.505. The first kappa shape index (κ1) is 17.1. The molecule has 0 saturated carbocycles. The molecule has 0 bridgehead atoms. The normalized spacial score (nSPS) is 13.7. The minimum atomic E-state index is -3.59. The van der Waals surface area contributed by atoms with E-state index in [2.05, 4.69) is 0 Å². The number of aryl methyl sites for hydroxylation is 1. The van der Waals surface area contributed by atoms with E-state index < -0.39 is 10.0 Å². The number of sulfonamides is 1. The highest BCUT2D eigenvalue weighted by atomic mass is 32.2. The van der Waals surface area contributed by atoms with Crippen LogP contribution in [0.5, 0.6) is 0 Å². The SMILES string of the molecule is CCc1ccc(CO)cc1S(=O)(=O)N(C)C(C)COC. The largest absolute Gasteiger partial charge is 0.392 e. The molecule has 0 fully saturated rings. The Morgan fingerprint density at radius 3 is 2.55 bits per heavy atom. The molecule has 0 aliphatic rings. The molecule has 5 nitrogen and oxygen atoms in total. The average molecular weight is 301 g/mol. The predicted molar refractivity (Wildman–Crippen MR) is 78.0 cm³/mol. The number of hydrogen-bond donors (Lipinski definition) is 1. The van der Waals surface area contributed by atoms with Gasteiger partial charge in [0, 0.05) is 20.2 Å². The summed E-state index contributed by atoms with van der Waals surface area (Å²) in [6.45, 7) is 3.86. The lowest BCUT2D eigenvalue weighted by molar-refractivity contribution is 0.149. The van der Waals surface area contributed by atoms with E-state index in [9.17, 15) is 13.5 Å². The van der Waals surface area contributed by atoms with Gasteiger partial charge in [-0.1, -0.05) is 19.1 Å². The Balaban J connectivity index is 3.26. The second-order valence-electron chi connectivity index (χ2n) is 4.78. The molecule has 1 unspecified atom stereocenters. The van der Waals surface area contributed by atoms with Crippen molar-refractivity contribution in [1.82, 2.24) is 4.31 Å². The Kier molecular flexibility index (Phi) is 6.13. The number of nitrogens with zero attached hydrogens (tertiary/aromatic N) is 1. The number of aliphatic hydroxyl groups is 1. The highest BCUT2D eigenvalue weighted by molar-refractivity contribution is 7.89. The van der Waals surface area contributed by atoms with Crippen LogP contribution in [0.4, 0.5) is 0 Å². The van der Waals surface area contributed by atoms with Crippen molar-refractivity contribution in [2.45, 2.75) is 37.8 Å². The Hall–Kier alpha value is -0.950. The maximum Gasteiger partial charge on any atom is 0.243 e. The molecule has 1 rings (SSSR count). The van der Waals surface area contributed by atoms with Crippen molar-refractivity contribution >= 4 is 10.0 Å². The van der Waals surface area contributed by atoms with E-state index in [1.165, 1.54) is 4.31 Å². The highest BCUT2D eigenvalue weighted by Crippen LogP contribution is 2.23. The van der Waals surface area contributed by atoms with Crippen LogP contribution >= 0.6 is 0 Å². The summed E-state index contributed by atoms with van der Waals surface area (Å²) in [6, 6.07) is 4.79. The van der Waals surface area contributed by atoms with E-state index in [4.69, 9.17) is 4.74 Å². The van der Waals surface area contributed by atoms with Gasteiger partial charge in [0.15, 0.2) is 0 Å². The summed E-state index contributed by atoms with van der Waals surface area (Å²) >= 11 is 0. The molecule has 0 amide bonds. The van der Waals surface area contributed by atoms with Gasteiger partial charge >= 0.3 is 0 Å². The number of likely N-dealkylation sites (N-methyl/N-ethyl adjacent to an activating group) is 1. The fourth-order valence-corrected chi connectivity index (χ4v) is 3.66. The van der Waals surface area contributed by atoms with Gasteiger partial charge in [0.2, 0.25) is 10.0 Å². The van der Waals surface area contributed by atoms with Crippen LogP contribution in [0.25, 0.3) is 0 Å². The number of aliphatic hydroxyl groups excluding tert-OH is 1. The monoisotopic (exact) mass is 301 g/mol. The average Bonchev–Trinajstić information content (AvgIpc) is 2.45. The number of benzene rings is 1. The van der Waals surface area contributed by atoms with E-state index in [0.29, 0.717) is 18.6 Å². The van der Waals surface area contributed by atoms with Crippen LogP contribution in [0.15, 0.2) is 23.1 Å². The minimum absolute atomic E-state index is 0.177. The van der Waals surface area contributed by atoms with Crippen molar-refractivity contribution in [2.75, 3.05) is 20.8 Å². The molecule has 0 aliphatic heterocycles. The van der Waals surface area contributed by atoms with Gasteiger partial charge in [-0.2, -0.15) is 4.31 Å². The van der Waals surface area contributed by atoms with Gasteiger partial charge in [-0.15, -0.1) is 0 Å². The number of hydrogen-bond acceptors (Lipinski definition) is 4. The fraction of sp³-hybridized carbons (Fsp3) is 0.571. The van der Waals surface area contributed by atoms with Gasteiger partial charge in [0.25, 0.3) is 0 Å². The molecule has 1 aromatic carbocycles. The minimum Gasteiger partial charge on any atom is -0.392 e. The topological polar surface area (TPSA) is 66.8 Å². The number of methoxy groups -OCH3 is 1. The standard InChI is InChI=1S/C14H23NO4S/c1-5-13-7-6-12(9-16)8-14(13)20(17,18)15(3)11(2)10-19-4/h6-8,11,16H,5,9-10H2,1-4H3. The Morgan fingerprint density at radius 2 is 2.05 bits per heavy atom. The predicted octanol–water partition coefficient (Wildman–Crippen LogP) is 1.40. The molecule has 0 spiro atoms. The molecular formula is C14H23NO4S. The summed E-state index contributed by atoms with van der Waals surface area (Å²) in [5, 5.41) is 9.19. The summed E-state index contributed by atoms with van der Waals surface area (Å²) in [4.78, 5) is 0.261. The van der Waals surface area contributed by atoms with Crippen molar-refractivity contribution in [2.24, 2.45) is 0 Å². The maximum absolute atomic E-state index is 12.7. The van der Waals surface area contributed by atoms with Gasteiger partial charge < -0.3 is 9.84 Å². The zero-order chi connectivity index (χ0) is 15.3. The molecule has 114 valence electrons. The first-order valence-electron chi connectivity index (χ1n) is 6.58. The molecule has 6 heteroatoms. The van der Waals surface area contributed by atoms with Gasteiger partial charge in [0.1, 0.15) is 0 Å². The third kappa shape index (κ3) is 3.58. The lowest BCUT2D eigenvalue weighted by Crippen LogP contribution is -2.38. The smallest absolute Gasteiger partial charge is 0.243 e. The third-order valence-corrected chi connectivity index (χ3v) is 5.43. The van der Waals surface area contributed by atoms with Gasteiger partial charge in [0.05, 0.1) is 18.1 Å². The summed E-state index contributed by atoms with van der Waals surface area (Å²) < 4.78 is 31.7. The second-order valence-corrected chi connectivity index (χ2v) is 6.75. The molecule has 1 N–H and O–H groups in total. The van der Waals surface area contributed by atoms with E-state index in [0.717, 1.165) is 5.56 Å². The van der Waals surface area contributed by atoms with Gasteiger partial charge in [-0.3, -0.25) is 0 Å². The first-order chi connectivity index (χ1) is 9.38. The van der Waals surface area contributed by atoms with Crippen LogP contribution in [0, 0.1) is 0 Å². The Bertz CT molecular complexity index is 542. The van der Waals surface area contributed by atoms with E-state index in [1.54, 1.807) is 39.3 Å². The van der Waals surface area contributed by atoms with Crippen molar-refractivity contribution in [1.29, 1.82) is 0 Å². The third-order valence-electron chi connectivity index (χ3n) is 3.38. The molecule has 0 radical (unpaired) electrons. The summed E-state index contributed by atoms with van der Waals surface area (Å²) in [6.07, 6.45) is 0.618. The van der Waals surface area contributed by atoms with Crippen LogP contribution < -0.4 is 0 Å². The Labute approximate surface area is 121 Å². The van der Waals surface area contributed by atoms with Crippen molar-refractivity contribution in [3.8, 4) is 0 Å². The molecule has 20 heavy (non-hydrogen) atoms. The summed E-state index contributed by atoms with van der Waals surface area (Å²) in [5.74, 6) is 0. The molecule has 1 aromatic rings. The first-order valence-corrected chi connectivity index (χ1v) is 8.02. The molecular weight excluding hydrogens is 278 g/mol. The van der Waals surface area contributed by atoms with E-state index in [1.807, 2.05) is 6.92 Å². The molecule has 1 atom stereocenters. The zero-order valence-electron chi connectivity index (χ0n) is 12.5. The molecule has 0 aromatic heterocycles. The second kappa shape index (κ2) is 7.17. The van der Waals surface area contributed by atoms with Gasteiger partial charge in [-0.25, -0.2) is 8.42 Å². The highest BCUT2D eigenvalue weighted by Gasteiger charge is 2.27. The van der Waals surface area contributed by atoms with Crippen molar-refractivity contribution in [3.05, 3.63) is 29.3 Å². The maximum atomic E-state index is 12.7. The van der Waals surface area contributed by atoms with Crippen LogP contribution in [-0.2, 0) is 27.8 Å². The van der Waals surface area contributed by atoms with Crippen molar-refractivity contribution in [3.63, 3.8) is 0 Å². The quantitative estimate of drug-likeness (QED) is 0.826. The van der Waals surface area contributed by atoms with Crippen LogP contribution in [0.3, 0.4) is 0 Å². The van der Waals surface area contributed by atoms with Gasteiger partial charge in [-0.05, 0) is 30.5 Å². The summed E-state index contributed by atoms with van der Waals surface area (Å²) in [5.41, 5.74) is 1.34. The lowest BCUT2D eigenvalue weighted by atomic mass is 10.1. The molecule has 0 saturated heterocycles. The zero-order valence-corrected chi connectivity index (χ0v) is 13.3. The Morgan fingerprint density at radius 1 is 1.40 bits per heavy atom. The van der Waals surface area contributed by atoms with E-state index >= 15 is 0 Å². The van der Waals surface area contributed by atoms with Crippen molar-refractivity contribution < 1.29 is 18.3 Å². The molecule has 0 aliphatic carbocycles. The van der Waals surface area contributed by atoms with Crippen LogP contribution in [-0.4, -0.2) is 44.6 Å². The number of rotatable bonds is 7. The van der Waals surface area contributed by atoms with Crippen LogP contribution in [0.2, 0.25) is 0 Å². The fourth-order valence-electron chi connectivity index (χ4n) is 1.97. The number of ether oxygens (including phenoxy) is 1.